The Balaban J connectivity index is 1.71. The van der Waals surface area contributed by atoms with E-state index in [1.54, 1.807) is 0 Å². The van der Waals surface area contributed by atoms with Crippen molar-refractivity contribution >= 4 is 6.08 Å². The van der Waals surface area contributed by atoms with Crippen LogP contribution >= 0.6 is 0 Å². The van der Waals surface area contributed by atoms with Gasteiger partial charge in [-0.3, -0.25) is 0 Å². The fraction of sp³-hybridized carbons (Fsp3) is 0.529. The average molecular weight is 243 g/mol. The lowest BCUT2D eigenvalue weighted by Crippen LogP contribution is -2.31. The number of hydrogen-bond acceptors (Lipinski definition) is 1. The zero-order valence-corrected chi connectivity index (χ0v) is 11.5. The Kier molecular flexibility index (Phi) is 5.47. The maximum atomic E-state index is 3.70. The minimum atomic E-state index is 0.781. The highest BCUT2D eigenvalue weighted by molar-refractivity contribution is 5.51. The second-order valence-corrected chi connectivity index (χ2v) is 5.44. The second-order valence-electron chi connectivity index (χ2n) is 5.44. The fourth-order valence-electron chi connectivity index (χ4n) is 2.69. The minimum Gasteiger partial charge on any atom is -0.314 e. The van der Waals surface area contributed by atoms with E-state index in [9.17, 15) is 0 Å². The first kappa shape index (κ1) is 13.4. The first-order valence-electron chi connectivity index (χ1n) is 7.30. The smallest absolute Gasteiger partial charge is 0.00671 e. The molecule has 1 saturated carbocycles. The van der Waals surface area contributed by atoms with Crippen molar-refractivity contribution in [3.8, 4) is 0 Å². The zero-order valence-electron chi connectivity index (χ0n) is 11.5. The molecule has 0 amide bonds. The first-order chi connectivity index (χ1) is 8.84. The molecule has 0 atom stereocenters. The Bertz CT molecular complexity index is 360. The molecule has 0 radical (unpaired) electrons. The lowest BCUT2D eigenvalue weighted by molar-refractivity contribution is 0.375. The first-order valence-corrected chi connectivity index (χ1v) is 7.30. The molecule has 0 saturated heterocycles. The molecule has 1 aromatic carbocycles. The Morgan fingerprint density at radius 2 is 1.89 bits per heavy atom. The number of hydrogen-bond donors (Lipinski definition) is 1. The molecule has 1 nitrogen and oxygen atoms in total. The molecule has 1 aromatic rings. The normalized spacial score (nSPS) is 17.9. The maximum absolute atomic E-state index is 3.70. The highest BCUT2D eigenvalue weighted by atomic mass is 14.9. The Labute approximate surface area is 111 Å². The summed E-state index contributed by atoms with van der Waals surface area (Å²) in [5, 5.41) is 3.70. The number of rotatable bonds is 5. The van der Waals surface area contributed by atoms with Gasteiger partial charge in [0.1, 0.15) is 0 Å². The van der Waals surface area contributed by atoms with Crippen molar-refractivity contribution in [2.75, 3.05) is 6.54 Å². The van der Waals surface area contributed by atoms with Crippen LogP contribution in [0.25, 0.3) is 6.08 Å². The summed E-state index contributed by atoms with van der Waals surface area (Å²) in [6, 6.07) is 11.4. The van der Waals surface area contributed by atoms with Gasteiger partial charge in [0.05, 0.1) is 0 Å². The molecule has 0 unspecified atom stereocenters. The molecule has 98 valence electrons. The van der Waals surface area contributed by atoms with Gasteiger partial charge in [0.2, 0.25) is 0 Å². The topological polar surface area (TPSA) is 12.0 Å². The summed E-state index contributed by atoms with van der Waals surface area (Å²) < 4.78 is 0. The standard InChI is InChI=1S/C17H25N/c1-15(14-16-8-4-2-5-9-16)12-13-18-17-10-6-3-7-11-17/h2,4-5,8-9,14,17-18H,3,6-7,10-13H2,1H3/b15-14+. The largest absolute Gasteiger partial charge is 0.314 e. The van der Waals surface area contributed by atoms with Gasteiger partial charge >= 0.3 is 0 Å². The third kappa shape index (κ3) is 4.66. The van der Waals surface area contributed by atoms with E-state index in [2.05, 4.69) is 48.6 Å². The van der Waals surface area contributed by atoms with Crippen LogP contribution in [0.2, 0.25) is 0 Å². The molecule has 0 spiro atoms. The molecular weight excluding hydrogens is 218 g/mol. The van der Waals surface area contributed by atoms with Crippen LogP contribution in [-0.2, 0) is 0 Å². The van der Waals surface area contributed by atoms with Crippen LogP contribution in [0.3, 0.4) is 0 Å². The van der Waals surface area contributed by atoms with Crippen molar-refractivity contribution in [2.24, 2.45) is 0 Å². The third-order valence-electron chi connectivity index (χ3n) is 3.77. The van der Waals surface area contributed by atoms with Gasteiger partial charge in [0.25, 0.3) is 0 Å². The molecule has 0 aromatic heterocycles. The lowest BCUT2D eigenvalue weighted by Gasteiger charge is -2.22. The Morgan fingerprint density at radius 1 is 1.17 bits per heavy atom. The van der Waals surface area contributed by atoms with Crippen molar-refractivity contribution in [3.63, 3.8) is 0 Å². The highest BCUT2D eigenvalue weighted by Crippen LogP contribution is 2.17. The van der Waals surface area contributed by atoms with E-state index in [1.165, 1.54) is 43.2 Å². The van der Waals surface area contributed by atoms with Gasteiger partial charge in [-0.15, -0.1) is 0 Å². The van der Waals surface area contributed by atoms with Crippen molar-refractivity contribution < 1.29 is 0 Å². The fourth-order valence-corrected chi connectivity index (χ4v) is 2.69. The van der Waals surface area contributed by atoms with Gasteiger partial charge < -0.3 is 5.32 Å². The molecule has 1 heteroatoms. The van der Waals surface area contributed by atoms with Crippen LogP contribution in [0.1, 0.15) is 51.0 Å². The van der Waals surface area contributed by atoms with Gasteiger partial charge in [-0.1, -0.05) is 61.2 Å². The lowest BCUT2D eigenvalue weighted by atomic mass is 9.95. The molecule has 0 aliphatic heterocycles. The average Bonchev–Trinajstić information content (AvgIpc) is 2.41. The SMILES string of the molecule is C/C(=C\c1ccccc1)CCNC1CCCCC1. The monoisotopic (exact) mass is 243 g/mol. The summed E-state index contributed by atoms with van der Waals surface area (Å²) in [5.74, 6) is 0. The second kappa shape index (κ2) is 7.38. The molecule has 1 fully saturated rings. The Hall–Kier alpha value is -1.08. The summed E-state index contributed by atoms with van der Waals surface area (Å²) in [5.41, 5.74) is 2.78. The van der Waals surface area contributed by atoms with E-state index in [0.29, 0.717) is 0 Å². The molecule has 2 rings (SSSR count). The number of nitrogens with one attached hydrogen (secondary N) is 1. The van der Waals surface area contributed by atoms with Gasteiger partial charge in [-0.2, -0.15) is 0 Å². The van der Waals surface area contributed by atoms with E-state index in [4.69, 9.17) is 0 Å². The van der Waals surface area contributed by atoms with Crippen molar-refractivity contribution in [1.29, 1.82) is 0 Å². The van der Waals surface area contributed by atoms with E-state index in [1.807, 2.05) is 0 Å². The zero-order chi connectivity index (χ0) is 12.6. The molecular formula is C17H25N. The van der Waals surface area contributed by atoms with Gasteiger partial charge in [0.15, 0.2) is 0 Å². The molecule has 1 N–H and O–H groups in total. The van der Waals surface area contributed by atoms with Crippen LogP contribution in [-0.4, -0.2) is 12.6 Å². The Morgan fingerprint density at radius 3 is 2.61 bits per heavy atom. The van der Waals surface area contributed by atoms with Crippen molar-refractivity contribution in [1.82, 2.24) is 5.32 Å². The van der Waals surface area contributed by atoms with Crippen LogP contribution in [0.5, 0.6) is 0 Å². The molecule has 1 aliphatic rings. The van der Waals surface area contributed by atoms with Crippen LogP contribution in [0.15, 0.2) is 35.9 Å². The summed E-state index contributed by atoms with van der Waals surface area (Å²) in [6.45, 7) is 3.36. The van der Waals surface area contributed by atoms with Crippen LogP contribution in [0, 0.1) is 0 Å². The van der Waals surface area contributed by atoms with Gasteiger partial charge in [-0.05, 0) is 38.3 Å². The van der Waals surface area contributed by atoms with E-state index in [-0.39, 0.29) is 0 Å². The van der Waals surface area contributed by atoms with E-state index >= 15 is 0 Å². The molecule has 0 bridgehead atoms. The summed E-state index contributed by atoms with van der Waals surface area (Å²) >= 11 is 0. The predicted molar refractivity (Wildman–Crippen MR) is 79.6 cm³/mol. The third-order valence-corrected chi connectivity index (χ3v) is 3.77. The van der Waals surface area contributed by atoms with E-state index < -0.39 is 0 Å². The minimum absolute atomic E-state index is 0.781. The number of benzene rings is 1. The van der Waals surface area contributed by atoms with Gasteiger partial charge in [-0.25, -0.2) is 0 Å². The highest BCUT2D eigenvalue weighted by Gasteiger charge is 2.11. The van der Waals surface area contributed by atoms with Crippen molar-refractivity contribution in [3.05, 3.63) is 41.5 Å². The molecule has 0 heterocycles. The van der Waals surface area contributed by atoms with E-state index in [0.717, 1.165) is 19.0 Å². The van der Waals surface area contributed by atoms with Crippen LogP contribution < -0.4 is 5.32 Å². The summed E-state index contributed by atoms with van der Waals surface area (Å²) in [6.07, 6.45) is 10.5. The summed E-state index contributed by atoms with van der Waals surface area (Å²) in [4.78, 5) is 0. The molecule has 1 aliphatic carbocycles. The van der Waals surface area contributed by atoms with Gasteiger partial charge in [0, 0.05) is 6.04 Å². The quantitative estimate of drug-likeness (QED) is 0.808. The van der Waals surface area contributed by atoms with Crippen LogP contribution in [0.4, 0.5) is 0 Å². The van der Waals surface area contributed by atoms with Crippen molar-refractivity contribution in [2.45, 2.75) is 51.5 Å². The predicted octanol–water partition coefficient (Wildman–Crippen LogP) is 4.40. The summed E-state index contributed by atoms with van der Waals surface area (Å²) in [7, 11) is 0. The maximum Gasteiger partial charge on any atom is 0.00671 e. The molecule has 18 heavy (non-hydrogen) atoms.